The molecule has 0 aliphatic rings. The summed E-state index contributed by atoms with van der Waals surface area (Å²) in [5.41, 5.74) is 0. The Morgan fingerprint density at radius 2 is 1.88 bits per heavy atom. The van der Waals surface area contributed by atoms with E-state index in [0.29, 0.717) is 34.8 Å². The Kier molecular flexibility index (Phi) is 5.66. The second-order valence-corrected chi connectivity index (χ2v) is 3.91. The van der Waals surface area contributed by atoms with E-state index in [1.807, 2.05) is 6.92 Å². The monoisotopic (exact) mass is 263 g/mol. The molecular formula is C10H15Cl2N3O. The largest absolute Gasteiger partial charge is 0.383 e. The van der Waals surface area contributed by atoms with Gasteiger partial charge in [0.15, 0.2) is 0 Å². The van der Waals surface area contributed by atoms with Crippen LogP contribution in [0.1, 0.15) is 6.92 Å². The minimum atomic E-state index is 0.503. The van der Waals surface area contributed by atoms with Crippen LogP contribution in [0.25, 0.3) is 0 Å². The summed E-state index contributed by atoms with van der Waals surface area (Å²) in [6.45, 7) is 3.98. The number of pyridine rings is 1. The third-order valence-electron chi connectivity index (χ3n) is 1.87. The molecule has 0 spiro atoms. The summed E-state index contributed by atoms with van der Waals surface area (Å²) >= 11 is 12.0. The van der Waals surface area contributed by atoms with E-state index < -0.39 is 0 Å². The van der Waals surface area contributed by atoms with Crippen LogP contribution in [-0.2, 0) is 4.74 Å². The fraction of sp³-hybridized carbons (Fsp3) is 0.500. The molecule has 0 fully saturated rings. The van der Waals surface area contributed by atoms with Crippen LogP contribution in [0.15, 0.2) is 6.07 Å². The van der Waals surface area contributed by atoms with Gasteiger partial charge in [0.1, 0.15) is 11.6 Å². The van der Waals surface area contributed by atoms with E-state index in [4.69, 9.17) is 27.9 Å². The quantitative estimate of drug-likeness (QED) is 0.775. The molecule has 90 valence electrons. The fourth-order valence-corrected chi connectivity index (χ4v) is 1.65. The van der Waals surface area contributed by atoms with Crippen molar-refractivity contribution in [1.29, 1.82) is 0 Å². The first kappa shape index (κ1) is 13.4. The van der Waals surface area contributed by atoms with Gasteiger partial charge in [-0.2, -0.15) is 0 Å². The van der Waals surface area contributed by atoms with Gasteiger partial charge in [-0.05, 0) is 13.0 Å². The molecule has 1 rings (SSSR count). The van der Waals surface area contributed by atoms with E-state index in [1.165, 1.54) is 0 Å². The van der Waals surface area contributed by atoms with Crippen molar-refractivity contribution in [3.05, 3.63) is 16.1 Å². The number of anilines is 2. The van der Waals surface area contributed by atoms with Crippen molar-refractivity contribution in [2.24, 2.45) is 0 Å². The molecule has 0 aromatic carbocycles. The highest BCUT2D eigenvalue weighted by Gasteiger charge is 2.08. The molecule has 4 nitrogen and oxygen atoms in total. The summed E-state index contributed by atoms with van der Waals surface area (Å²) in [4.78, 5) is 4.29. The highest BCUT2D eigenvalue weighted by Crippen LogP contribution is 2.28. The van der Waals surface area contributed by atoms with Crippen molar-refractivity contribution in [1.82, 2.24) is 4.98 Å². The Balaban J connectivity index is 2.78. The third-order valence-corrected chi connectivity index (χ3v) is 2.45. The summed E-state index contributed by atoms with van der Waals surface area (Å²) in [7, 11) is 1.64. The van der Waals surface area contributed by atoms with E-state index in [0.717, 1.165) is 6.54 Å². The Bertz CT molecular complexity index is 347. The maximum absolute atomic E-state index is 6.00. The van der Waals surface area contributed by atoms with Crippen molar-refractivity contribution in [3.63, 3.8) is 0 Å². The van der Waals surface area contributed by atoms with E-state index in [9.17, 15) is 0 Å². The first-order valence-electron chi connectivity index (χ1n) is 5.01. The van der Waals surface area contributed by atoms with Crippen molar-refractivity contribution in [3.8, 4) is 0 Å². The molecule has 0 aliphatic carbocycles. The van der Waals surface area contributed by atoms with Crippen LogP contribution in [0.5, 0.6) is 0 Å². The number of ether oxygens (including phenoxy) is 1. The molecule has 0 saturated carbocycles. The predicted octanol–water partition coefficient (Wildman–Crippen LogP) is 2.88. The van der Waals surface area contributed by atoms with Gasteiger partial charge in [0.2, 0.25) is 0 Å². The molecule has 1 heterocycles. The average molecular weight is 264 g/mol. The molecule has 6 heteroatoms. The second kappa shape index (κ2) is 6.78. The number of halogens is 2. The van der Waals surface area contributed by atoms with Crippen molar-refractivity contribution in [2.45, 2.75) is 6.92 Å². The minimum Gasteiger partial charge on any atom is -0.383 e. The molecule has 0 aliphatic heterocycles. The molecular weight excluding hydrogens is 249 g/mol. The van der Waals surface area contributed by atoms with Crippen LogP contribution in [0.3, 0.4) is 0 Å². The molecule has 0 unspecified atom stereocenters. The first-order chi connectivity index (χ1) is 7.69. The molecule has 1 aromatic rings. The number of aromatic nitrogens is 1. The number of rotatable bonds is 6. The van der Waals surface area contributed by atoms with Crippen molar-refractivity contribution < 1.29 is 4.74 Å². The standard InChI is InChI=1S/C10H15Cl2N3O/c1-3-13-9-7(11)6-8(12)10(15-9)14-4-5-16-2/h6H,3-5H2,1-2H3,(H2,13,14,15). The lowest BCUT2D eigenvalue weighted by molar-refractivity contribution is 0.210. The van der Waals surface area contributed by atoms with Crippen LogP contribution in [0, 0.1) is 0 Å². The number of nitrogens with one attached hydrogen (secondary N) is 2. The van der Waals surface area contributed by atoms with Gasteiger partial charge < -0.3 is 15.4 Å². The summed E-state index contributed by atoms with van der Waals surface area (Å²) in [6.07, 6.45) is 0. The number of hydrogen-bond acceptors (Lipinski definition) is 4. The van der Waals surface area contributed by atoms with Crippen LogP contribution in [0.4, 0.5) is 11.6 Å². The van der Waals surface area contributed by atoms with E-state index in [1.54, 1.807) is 13.2 Å². The normalized spacial score (nSPS) is 10.2. The van der Waals surface area contributed by atoms with Gasteiger partial charge in [0.25, 0.3) is 0 Å². The van der Waals surface area contributed by atoms with Crippen LogP contribution >= 0.6 is 23.2 Å². The summed E-state index contributed by atoms with van der Waals surface area (Å²) in [6, 6.07) is 1.67. The second-order valence-electron chi connectivity index (χ2n) is 3.10. The highest BCUT2D eigenvalue weighted by atomic mass is 35.5. The maximum Gasteiger partial charge on any atom is 0.147 e. The van der Waals surface area contributed by atoms with Crippen molar-refractivity contribution >= 4 is 34.8 Å². The highest BCUT2D eigenvalue weighted by molar-refractivity contribution is 6.37. The molecule has 0 atom stereocenters. The van der Waals surface area contributed by atoms with Gasteiger partial charge in [-0.3, -0.25) is 0 Å². The average Bonchev–Trinajstić information content (AvgIpc) is 2.25. The zero-order chi connectivity index (χ0) is 12.0. The fourth-order valence-electron chi connectivity index (χ4n) is 1.15. The molecule has 1 aromatic heterocycles. The summed E-state index contributed by atoms with van der Waals surface area (Å²) in [5.74, 6) is 1.24. The number of nitrogens with zero attached hydrogens (tertiary/aromatic N) is 1. The van der Waals surface area contributed by atoms with Crippen LogP contribution < -0.4 is 10.6 Å². The predicted molar refractivity (Wildman–Crippen MR) is 68.8 cm³/mol. The van der Waals surface area contributed by atoms with Gasteiger partial charge in [-0.25, -0.2) is 4.98 Å². The Labute approximate surface area is 105 Å². The first-order valence-corrected chi connectivity index (χ1v) is 5.77. The molecule has 0 amide bonds. The zero-order valence-electron chi connectivity index (χ0n) is 9.31. The van der Waals surface area contributed by atoms with Gasteiger partial charge in [0, 0.05) is 20.2 Å². The molecule has 0 bridgehead atoms. The topological polar surface area (TPSA) is 46.2 Å². The zero-order valence-corrected chi connectivity index (χ0v) is 10.8. The molecule has 2 N–H and O–H groups in total. The van der Waals surface area contributed by atoms with Gasteiger partial charge >= 0.3 is 0 Å². The van der Waals surface area contributed by atoms with E-state index >= 15 is 0 Å². The Morgan fingerprint density at radius 1 is 1.25 bits per heavy atom. The lowest BCUT2D eigenvalue weighted by Crippen LogP contribution is -2.10. The third kappa shape index (κ3) is 3.70. The lowest BCUT2D eigenvalue weighted by Gasteiger charge is -2.11. The lowest BCUT2D eigenvalue weighted by atomic mass is 10.4. The molecule has 0 radical (unpaired) electrons. The maximum atomic E-state index is 6.00. The SMILES string of the molecule is CCNc1nc(NCCOC)c(Cl)cc1Cl. The smallest absolute Gasteiger partial charge is 0.147 e. The van der Waals surface area contributed by atoms with E-state index in [-0.39, 0.29) is 0 Å². The van der Waals surface area contributed by atoms with E-state index in [2.05, 4.69) is 15.6 Å². The van der Waals surface area contributed by atoms with Gasteiger partial charge in [-0.15, -0.1) is 0 Å². The number of hydrogen-bond donors (Lipinski definition) is 2. The summed E-state index contributed by atoms with van der Waals surface area (Å²) < 4.78 is 4.93. The molecule has 16 heavy (non-hydrogen) atoms. The Hall–Kier alpha value is -0.710. The van der Waals surface area contributed by atoms with Gasteiger partial charge in [-0.1, -0.05) is 23.2 Å². The van der Waals surface area contributed by atoms with Crippen LogP contribution in [0.2, 0.25) is 10.0 Å². The minimum absolute atomic E-state index is 0.503. The number of methoxy groups -OCH3 is 1. The Morgan fingerprint density at radius 3 is 2.44 bits per heavy atom. The van der Waals surface area contributed by atoms with Crippen molar-refractivity contribution in [2.75, 3.05) is 37.4 Å². The summed E-state index contributed by atoms with van der Waals surface area (Å²) in [5, 5.41) is 7.15. The van der Waals surface area contributed by atoms with Gasteiger partial charge in [0.05, 0.1) is 16.7 Å². The molecule has 0 saturated heterocycles. The van der Waals surface area contributed by atoms with Crippen LogP contribution in [-0.4, -0.2) is 31.8 Å².